The number of benzene rings is 2. The predicted molar refractivity (Wildman–Crippen MR) is 95.4 cm³/mol. The molecule has 120 valence electrons. The van der Waals surface area contributed by atoms with Gasteiger partial charge >= 0.3 is 5.97 Å². The summed E-state index contributed by atoms with van der Waals surface area (Å²) in [6, 6.07) is 21.2. The third kappa shape index (κ3) is 3.60. The summed E-state index contributed by atoms with van der Waals surface area (Å²) in [6.45, 7) is 1.97. The van der Waals surface area contributed by atoms with E-state index in [1.165, 1.54) is 0 Å². The van der Waals surface area contributed by atoms with Crippen LogP contribution in [0.25, 0.3) is 5.69 Å². The fraction of sp³-hybridized carbons (Fsp3) is 0.100. The largest absolute Gasteiger partial charge is 0.477 e. The van der Waals surface area contributed by atoms with Crippen molar-refractivity contribution in [3.05, 3.63) is 84.1 Å². The van der Waals surface area contributed by atoms with Crippen molar-refractivity contribution in [2.24, 2.45) is 4.99 Å². The second-order valence-corrected chi connectivity index (χ2v) is 5.61. The van der Waals surface area contributed by atoms with Crippen LogP contribution in [-0.4, -0.2) is 21.4 Å². The molecule has 24 heavy (non-hydrogen) atoms. The lowest BCUT2D eigenvalue weighted by atomic mass is 10.1. The Morgan fingerprint density at radius 2 is 1.67 bits per heavy atom. The number of aliphatic carboxylic acids is 1. The number of rotatable bonds is 5. The molecule has 0 aliphatic rings. The lowest BCUT2D eigenvalue weighted by Crippen LogP contribution is -2.16. The van der Waals surface area contributed by atoms with E-state index in [-0.39, 0.29) is 12.1 Å². The molecule has 1 heterocycles. The Hall–Kier alpha value is -3.14. The van der Waals surface area contributed by atoms with Crippen molar-refractivity contribution in [2.45, 2.75) is 13.3 Å². The number of hydrogen-bond acceptors (Lipinski definition) is 2. The van der Waals surface area contributed by atoms with Gasteiger partial charge in [-0.3, -0.25) is 0 Å². The molecule has 0 aliphatic heterocycles. The number of carboxylic acids is 1. The van der Waals surface area contributed by atoms with Crippen LogP contribution in [0, 0.1) is 6.92 Å². The van der Waals surface area contributed by atoms with Crippen LogP contribution in [0.5, 0.6) is 0 Å². The number of aliphatic imine (C=N–C) groups is 1. The van der Waals surface area contributed by atoms with Crippen molar-refractivity contribution in [1.82, 2.24) is 4.57 Å². The van der Waals surface area contributed by atoms with E-state index in [9.17, 15) is 9.90 Å². The summed E-state index contributed by atoms with van der Waals surface area (Å²) in [7, 11) is 0. The van der Waals surface area contributed by atoms with Gasteiger partial charge in [0.15, 0.2) is 0 Å². The molecule has 0 spiro atoms. The van der Waals surface area contributed by atoms with Crippen molar-refractivity contribution in [3.63, 3.8) is 0 Å². The highest BCUT2D eigenvalue weighted by Gasteiger charge is 2.13. The highest BCUT2D eigenvalue weighted by Crippen LogP contribution is 2.23. The molecule has 4 nitrogen and oxygen atoms in total. The lowest BCUT2D eigenvalue weighted by Gasteiger charge is -2.07. The van der Waals surface area contributed by atoms with Gasteiger partial charge in [0.25, 0.3) is 0 Å². The van der Waals surface area contributed by atoms with Crippen LogP contribution in [0.3, 0.4) is 0 Å². The minimum absolute atomic E-state index is 0.122. The number of para-hydroxylation sites is 1. The van der Waals surface area contributed by atoms with Gasteiger partial charge in [0.2, 0.25) is 0 Å². The summed E-state index contributed by atoms with van der Waals surface area (Å²) < 4.78 is 1.91. The summed E-state index contributed by atoms with van der Waals surface area (Å²) in [5.41, 5.74) is 3.03. The zero-order chi connectivity index (χ0) is 16.9. The average Bonchev–Trinajstić information content (AvgIpc) is 2.96. The molecule has 4 heteroatoms. The lowest BCUT2D eigenvalue weighted by molar-refractivity contribution is -0.129. The first kappa shape index (κ1) is 15.7. The Labute approximate surface area is 140 Å². The third-order valence-corrected chi connectivity index (χ3v) is 3.68. The summed E-state index contributed by atoms with van der Waals surface area (Å²) in [4.78, 5) is 16.1. The molecule has 1 N–H and O–H groups in total. The van der Waals surface area contributed by atoms with Crippen molar-refractivity contribution in [3.8, 4) is 5.69 Å². The first-order valence-corrected chi connectivity index (χ1v) is 7.72. The zero-order valence-corrected chi connectivity index (χ0v) is 13.4. The maximum Gasteiger partial charge on any atom is 0.350 e. The van der Waals surface area contributed by atoms with Crippen molar-refractivity contribution < 1.29 is 9.90 Å². The number of hydrogen-bond donors (Lipinski definition) is 1. The molecular formula is C20H18N2O2. The molecule has 0 amide bonds. The number of nitrogens with zero attached hydrogens (tertiary/aromatic N) is 2. The smallest absolute Gasteiger partial charge is 0.350 e. The van der Waals surface area contributed by atoms with Crippen LogP contribution in [-0.2, 0) is 11.2 Å². The fourth-order valence-electron chi connectivity index (χ4n) is 2.55. The molecule has 3 aromatic rings. The molecule has 0 unspecified atom stereocenters. The normalized spacial score (nSPS) is 11.5. The average molecular weight is 318 g/mol. The van der Waals surface area contributed by atoms with Crippen molar-refractivity contribution in [2.75, 3.05) is 0 Å². The quantitative estimate of drug-likeness (QED) is 0.717. The summed E-state index contributed by atoms with van der Waals surface area (Å²) in [5, 5.41) is 9.52. The van der Waals surface area contributed by atoms with Crippen LogP contribution in [0.15, 0.2) is 77.9 Å². The van der Waals surface area contributed by atoms with Crippen LogP contribution >= 0.6 is 0 Å². The Morgan fingerprint density at radius 3 is 2.29 bits per heavy atom. The van der Waals surface area contributed by atoms with E-state index in [2.05, 4.69) is 4.99 Å². The van der Waals surface area contributed by atoms with Gasteiger partial charge in [-0.05, 0) is 36.2 Å². The summed E-state index contributed by atoms with van der Waals surface area (Å²) in [5.74, 6) is -0.385. The summed E-state index contributed by atoms with van der Waals surface area (Å²) in [6.07, 6.45) is 2.24. The van der Waals surface area contributed by atoms with Gasteiger partial charge in [0.05, 0.1) is 0 Å². The van der Waals surface area contributed by atoms with E-state index in [1.54, 1.807) is 0 Å². The van der Waals surface area contributed by atoms with E-state index in [0.29, 0.717) is 5.82 Å². The van der Waals surface area contributed by atoms with E-state index in [0.717, 1.165) is 16.8 Å². The van der Waals surface area contributed by atoms with E-state index < -0.39 is 5.97 Å². The van der Waals surface area contributed by atoms with E-state index in [4.69, 9.17) is 0 Å². The first-order chi connectivity index (χ1) is 11.6. The minimum atomic E-state index is -1.00. The summed E-state index contributed by atoms with van der Waals surface area (Å²) >= 11 is 0. The number of carboxylic acid groups (broad SMARTS) is 1. The van der Waals surface area contributed by atoms with Crippen LogP contribution in [0.2, 0.25) is 0 Å². The zero-order valence-electron chi connectivity index (χ0n) is 13.4. The Morgan fingerprint density at radius 1 is 1.04 bits per heavy atom. The van der Waals surface area contributed by atoms with Crippen LogP contribution < -0.4 is 0 Å². The number of aryl methyl sites for hydroxylation is 1. The Kier molecular flexibility index (Phi) is 4.57. The first-order valence-electron chi connectivity index (χ1n) is 7.72. The van der Waals surface area contributed by atoms with Gasteiger partial charge in [-0.2, -0.15) is 0 Å². The highest BCUT2D eigenvalue weighted by atomic mass is 16.4. The molecule has 0 saturated heterocycles. The molecule has 0 atom stereocenters. The topological polar surface area (TPSA) is 54.6 Å². The van der Waals surface area contributed by atoms with Gasteiger partial charge in [-0.1, -0.05) is 48.5 Å². The van der Waals surface area contributed by atoms with Gasteiger partial charge in [-0.15, -0.1) is 0 Å². The SMILES string of the molecule is Cc1cc(N=C(Cc2ccccc2)C(=O)O)n(-c2ccccc2)c1. The predicted octanol–water partition coefficient (Wildman–Crippen LogP) is 4.19. The Bertz CT molecular complexity index is 865. The molecule has 0 fully saturated rings. The molecule has 2 aromatic carbocycles. The van der Waals surface area contributed by atoms with Gasteiger partial charge in [0, 0.05) is 18.3 Å². The maximum atomic E-state index is 11.6. The molecule has 0 radical (unpaired) electrons. The van der Waals surface area contributed by atoms with E-state index in [1.807, 2.05) is 84.4 Å². The number of carbonyl (C=O) groups is 1. The standard InChI is InChI=1S/C20H18N2O2/c1-15-12-19(22(14-15)17-10-6-3-7-11-17)21-18(20(23)24)13-16-8-4-2-5-9-16/h2-12,14H,13H2,1H3,(H,23,24). The van der Waals surface area contributed by atoms with Gasteiger partial charge < -0.3 is 9.67 Å². The monoisotopic (exact) mass is 318 g/mol. The molecule has 1 aromatic heterocycles. The van der Waals surface area contributed by atoms with Gasteiger partial charge in [0.1, 0.15) is 11.5 Å². The second-order valence-electron chi connectivity index (χ2n) is 5.61. The highest BCUT2D eigenvalue weighted by molar-refractivity contribution is 6.36. The minimum Gasteiger partial charge on any atom is -0.477 e. The van der Waals surface area contributed by atoms with Gasteiger partial charge in [-0.25, -0.2) is 9.79 Å². The Balaban J connectivity index is 2.00. The second kappa shape index (κ2) is 6.96. The molecular weight excluding hydrogens is 300 g/mol. The molecule has 3 rings (SSSR count). The van der Waals surface area contributed by atoms with Crippen LogP contribution in [0.4, 0.5) is 5.82 Å². The maximum absolute atomic E-state index is 11.6. The van der Waals surface area contributed by atoms with Crippen LogP contribution in [0.1, 0.15) is 11.1 Å². The van der Waals surface area contributed by atoms with E-state index >= 15 is 0 Å². The fourth-order valence-corrected chi connectivity index (χ4v) is 2.55. The number of aromatic nitrogens is 1. The molecule has 0 saturated carbocycles. The van der Waals surface area contributed by atoms with Crippen molar-refractivity contribution in [1.29, 1.82) is 0 Å². The third-order valence-electron chi connectivity index (χ3n) is 3.68. The molecule has 0 bridgehead atoms. The molecule has 0 aliphatic carbocycles. The van der Waals surface area contributed by atoms with Crippen molar-refractivity contribution >= 4 is 17.5 Å².